The van der Waals surface area contributed by atoms with Gasteiger partial charge in [0.05, 0.1) is 27.8 Å². The number of nitrogens with one attached hydrogen (secondary N) is 2. The minimum atomic E-state index is -4.80. The Kier molecular flexibility index (Phi) is 6.70. The number of hydrogen-bond acceptors (Lipinski definition) is 7. The summed E-state index contributed by atoms with van der Waals surface area (Å²) >= 11 is 0. The number of hydrogen-bond donors (Lipinski definition) is 2. The molecular weight excluding hydrogens is 449 g/mol. The molecule has 0 aliphatic rings. The molecule has 1 aromatic heterocycles. The Labute approximate surface area is 182 Å². The van der Waals surface area contributed by atoms with Crippen molar-refractivity contribution >= 4 is 34.2 Å². The second kappa shape index (κ2) is 9.46. The summed E-state index contributed by atoms with van der Waals surface area (Å²) in [4.78, 5) is 52.6. The summed E-state index contributed by atoms with van der Waals surface area (Å²) in [7, 11) is 0. The minimum Gasteiger partial charge on any atom is -0.456 e. The third kappa shape index (κ3) is 5.90. The lowest BCUT2D eigenvalue weighted by molar-refractivity contribution is -0.384. The fourth-order valence-electron chi connectivity index (χ4n) is 2.84. The summed E-state index contributed by atoms with van der Waals surface area (Å²) in [6.07, 6.45) is -5.01. The van der Waals surface area contributed by atoms with E-state index in [2.05, 4.69) is 9.97 Å². The summed E-state index contributed by atoms with van der Waals surface area (Å²) < 4.78 is 43.0. The van der Waals surface area contributed by atoms with Crippen molar-refractivity contribution < 1.29 is 32.4 Å². The van der Waals surface area contributed by atoms with Gasteiger partial charge in [0.1, 0.15) is 11.5 Å². The van der Waals surface area contributed by atoms with Crippen LogP contribution in [0.1, 0.15) is 17.8 Å². The van der Waals surface area contributed by atoms with Crippen LogP contribution < -0.4 is 10.9 Å². The van der Waals surface area contributed by atoms with Crippen LogP contribution in [0.2, 0.25) is 0 Å². The number of aryl methyl sites for hydroxylation is 1. The van der Waals surface area contributed by atoms with Crippen LogP contribution >= 0.6 is 0 Å². The topological polar surface area (TPSA) is 144 Å². The third-order valence-corrected chi connectivity index (χ3v) is 4.39. The molecule has 2 aromatic carbocycles. The summed E-state index contributed by atoms with van der Waals surface area (Å²) in [5.74, 6) is -1.56. The SMILES string of the molecule is O=C(COC(=O)CCc1nc2ccccc2c(=O)[nH]1)Nc1ccc(C(F)(F)F)cc1[N+](=O)[O-]. The lowest BCUT2D eigenvalue weighted by Gasteiger charge is -2.10. The molecule has 0 unspecified atom stereocenters. The van der Waals surface area contributed by atoms with Crippen molar-refractivity contribution in [1.82, 2.24) is 9.97 Å². The number of nitro groups is 1. The van der Waals surface area contributed by atoms with Crippen LogP contribution in [0.3, 0.4) is 0 Å². The van der Waals surface area contributed by atoms with Gasteiger partial charge >= 0.3 is 12.1 Å². The number of para-hydroxylation sites is 1. The number of carbonyl (C=O) groups is 2. The molecule has 0 spiro atoms. The number of anilines is 1. The Morgan fingerprint density at radius 3 is 2.61 bits per heavy atom. The fraction of sp³-hybridized carbons (Fsp3) is 0.200. The number of esters is 1. The normalized spacial score (nSPS) is 11.2. The molecular formula is C20H15F3N4O6. The maximum atomic E-state index is 12.7. The summed E-state index contributed by atoms with van der Waals surface area (Å²) in [5.41, 5.74) is -2.62. The molecule has 0 aliphatic heterocycles. The minimum absolute atomic E-state index is 0.0188. The second-order valence-electron chi connectivity index (χ2n) is 6.73. The summed E-state index contributed by atoms with van der Waals surface area (Å²) in [5, 5.41) is 13.5. The molecule has 172 valence electrons. The highest BCUT2D eigenvalue weighted by Gasteiger charge is 2.33. The number of H-pyrrole nitrogens is 1. The molecule has 0 aliphatic carbocycles. The Morgan fingerprint density at radius 1 is 1.18 bits per heavy atom. The van der Waals surface area contributed by atoms with Crippen molar-refractivity contribution in [3.8, 4) is 0 Å². The molecule has 33 heavy (non-hydrogen) atoms. The molecule has 1 amide bonds. The first-order valence-electron chi connectivity index (χ1n) is 9.33. The van der Waals surface area contributed by atoms with Crippen molar-refractivity contribution in [2.24, 2.45) is 0 Å². The van der Waals surface area contributed by atoms with Crippen molar-refractivity contribution in [2.45, 2.75) is 19.0 Å². The van der Waals surface area contributed by atoms with Gasteiger partial charge in [-0.1, -0.05) is 12.1 Å². The number of amides is 1. The van der Waals surface area contributed by atoms with E-state index >= 15 is 0 Å². The van der Waals surface area contributed by atoms with Gasteiger partial charge in [-0.15, -0.1) is 0 Å². The Morgan fingerprint density at radius 2 is 1.91 bits per heavy atom. The van der Waals surface area contributed by atoms with Crippen LogP contribution in [0.4, 0.5) is 24.5 Å². The lowest BCUT2D eigenvalue weighted by atomic mass is 10.1. The lowest BCUT2D eigenvalue weighted by Crippen LogP contribution is -2.22. The number of ether oxygens (including phenoxy) is 1. The Hall–Kier alpha value is -4.29. The average Bonchev–Trinajstić information content (AvgIpc) is 2.75. The highest BCUT2D eigenvalue weighted by Crippen LogP contribution is 2.34. The molecule has 2 N–H and O–H groups in total. The van der Waals surface area contributed by atoms with Gasteiger partial charge < -0.3 is 15.0 Å². The van der Waals surface area contributed by atoms with E-state index in [9.17, 15) is 37.7 Å². The van der Waals surface area contributed by atoms with Gasteiger partial charge in [-0.05, 0) is 24.3 Å². The van der Waals surface area contributed by atoms with Crippen LogP contribution in [0.15, 0.2) is 47.3 Å². The maximum Gasteiger partial charge on any atom is 0.416 e. The number of nitrogens with zero attached hydrogens (tertiary/aromatic N) is 2. The van der Waals surface area contributed by atoms with E-state index in [0.29, 0.717) is 23.0 Å². The van der Waals surface area contributed by atoms with Gasteiger partial charge in [0.15, 0.2) is 6.61 Å². The number of carbonyl (C=O) groups excluding carboxylic acids is 2. The average molecular weight is 464 g/mol. The van der Waals surface area contributed by atoms with Gasteiger partial charge in [0.25, 0.3) is 17.2 Å². The molecule has 0 radical (unpaired) electrons. The van der Waals surface area contributed by atoms with E-state index in [0.717, 1.165) is 6.07 Å². The highest BCUT2D eigenvalue weighted by atomic mass is 19.4. The number of halogens is 3. The van der Waals surface area contributed by atoms with Gasteiger partial charge in [0, 0.05) is 12.5 Å². The van der Waals surface area contributed by atoms with Crippen LogP contribution in [0, 0.1) is 10.1 Å². The number of aromatic nitrogens is 2. The predicted octanol–water partition coefficient (Wildman–Crippen LogP) is 2.96. The zero-order valence-corrected chi connectivity index (χ0v) is 16.6. The standard InChI is InChI=1S/C20H15F3N4O6/c21-20(22,23)11-5-6-14(15(9-11)27(31)32)25-17(28)10-33-18(29)8-7-16-24-13-4-2-1-3-12(13)19(30)26-16/h1-6,9H,7-8,10H2,(H,25,28)(H,24,26,30). The second-order valence-corrected chi connectivity index (χ2v) is 6.73. The molecule has 1 heterocycles. The van der Waals surface area contributed by atoms with Crippen molar-refractivity contribution in [1.29, 1.82) is 0 Å². The quantitative estimate of drug-likeness (QED) is 0.311. The van der Waals surface area contributed by atoms with Gasteiger partial charge in [0.2, 0.25) is 0 Å². The smallest absolute Gasteiger partial charge is 0.416 e. The van der Waals surface area contributed by atoms with Crippen molar-refractivity contribution in [2.75, 3.05) is 11.9 Å². The Bertz CT molecular complexity index is 1290. The molecule has 0 fully saturated rings. The van der Waals surface area contributed by atoms with Crippen molar-refractivity contribution in [3.63, 3.8) is 0 Å². The zero-order valence-electron chi connectivity index (χ0n) is 16.6. The number of aromatic amines is 1. The zero-order chi connectivity index (χ0) is 24.2. The van der Waals surface area contributed by atoms with Crippen LogP contribution in [0.5, 0.6) is 0 Å². The van der Waals surface area contributed by atoms with Gasteiger partial charge in [-0.2, -0.15) is 13.2 Å². The van der Waals surface area contributed by atoms with E-state index in [1.807, 2.05) is 5.32 Å². The predicted molar refractivity (Wildman–Crippen MR) is 108 cm³/mol. The number of alkyl halides is 3. The monoisotopic (exact) mass is 464 g/mol. The van der Waals surface area contributed by atoms with E-state index in [-0.39, 0.29) is 24.2 Å². The molecule has 3 rings (SSSR count). The fourth-order valence-corrected chi connectivity index (χ4v) is 2.84. The van der Waals surface area contributed by atoms with Gasteiger partial charge in [-0.3, -0.25) is 24.5 Å². The largest absolute Gasteiger partial charge is 0.456 e. The summed E-state index contributed by atoms with van der Waals surface area (Å²) in [6.45, 7) is -0.821. The molecule has 0 bridgehead atoms. The molecule has 3 aromatic rings. The first kappa shape index (κ1) is 23.4. The van der Waals surface area contributed by atoms with Crippen LogP contribution in [0.25, 0.3) is 10.9 Å². The summed E-state index contributed by atoms with van der Waals surface area (Å²) in [6, 6.07) is 8.22. The van der Waals surface area contributed by atoms with E-state index in [1.54, 1.807) is 24.3 Å². The van der Waals surface area contributed by atoms with Crippen molar-refractivity contribution in [3.05, 3.63) is 74.3 Å². The molecule has 0 saturated heterocycles. The molecule has 0 saturated carbocycles. The third-order valence-electron chi connectivity index (χ3n) is 4.39. The number of rotatable bonds is 7. The first-order chi connectivity index (χ1) is 15.5. The highest BCUT2D eigenvalue weighted by molar-refractivity contribution is 5.95. The molecule has 10 nitrogen and oxygen atoms in total. The molecule has 13 heteroatoms. The first-order valence-corrected chi connectivity index (χ1v) is 9.33. The Balaban J connectivity index is 1.56. The maximum absolute atomic E-state index is 12.7. The van der Waals surface area contributed by atoms with Gasteiger partial charge in [-0.25, -0.2) is 4.98 Å². The van der Waals surface area contributed by atoms with Crippen LogP contribution in [-0.2, 0) is 26.9 Å². The molecule has 0 atom stereocenters. The van der Waals surface area contributed by atoms with E-state index in [4.69, 9.17) is 4.74 Å². The number of fused-ring (bicyclic) bond motifs is 1. The number of nitro benzene ring substituents is 1. The van der Waals surface area contributed by atoms with Crippen LogP contribution in [-0.4, -0.2) is 33.4 Å². The van der Waals surface area contributed by atoms with E-state index < -0.39 is 46.5 Å². The number of benzene rings is 2. The van der Waals surface area contributed by atoms with E-state index in [1.165, 1.54) is 0 Å².